The van der Waals surface area contributed by atoms with Crippen molar-refractivity contribution < 1.29 is 4.74 Å². The van der Waals surface area contributed by atoms with Crippen LogP contribution in [-0.2, 0) is 4.74 Å². The van der Waals surface area contributed by atoms with Crippen LogP contribution in [0, 0.1) is 5.92 Å². The molecule has 0 radical (unpaired) electrons. The Bertz CT molecular complexity index is 442. The van der Waals surface area contributed by atoms with Crippen molar-refractivity contribution in [3.05, 3.63) is 35.9 Å². The van der Waals surface area contributed by atoms with Gasteiger partial charge in [-0.05, 0) is 38.2 Å². The van der Waals surface area contributed by atoms with Crippen LogP contribution in [0.25, 0.3) is 0 Å². The molecule has 3 heteroatoms. The molecule has 116 valence electrons. The standard InChI is InChI=1S/C18H28N2O/c1-18(2)14-20(10-11-21-13-15-8-9-15)17(12-19-18)16-6-4-3-5-7-16/h3-7,15,17,19H,8-14H2,1-2H3. The Morgan fingerprint density at radius 2 is 2.00 bits per heavy atom. The molecule has 2 fully saturated rings. The summed E-state index contributed by atoms with van der Waals surface area (Å²) in [6.07, 6.45) is 2.74. The lowest BCUT2D eigenvalue weighted by Crippen LogP contribution is -2.58. The molecule has 2 aliphatic rings. The highest BCUT2D eigenvalue weighted by molar-refractivity contribution is 5.20. The minimum atomic E-state index is 0.182. The fourth-order valence-corrected chi connectivity index (χ4v) is 3.13. The Labute approximate surface area is 128 Å². The first-order chi connectivity index (χ1) is 10.1. The molecular formula is C18H28N2O. The Morgan fingerprint density at radius 1 is 1.24 bits per heavy atom. The van der Waals surface area contributed by atoms with Crippen molar-refractivity contribution in [3.63, 3.8) is 0 Å². The molecule has 1 aromatic carbocycles. The minimum Gasteiger partial charge on any atom is -0.380 e. The van der Waals surface area contributed by atoms with Crippen molar-refractivity contribution in [3.8, 4) is 0 Å². The molecule has 1 saturated heterocycles. The van der Waals surface area contributed by atoms with Gasteiger partial charge in [-0.2, -0.15) is 0 Å². The van der Waals surface area contributed by atoms with E-state index in [4.69, 9.17) is 4.74 Å². The molecule has 3 nitrogen and oxygen atoms in total. The number of nitrogens with one attached hydrogen (secondary N) is 1. The lowest BCUT2D eigenvalue weighted by molar-refractivity contribution is 0.0459. The van der Waals surface area contributed by atoms with E-state index in [1.807, 2.05) is 0 Å². The number of hydrogen-bond donors (Lipinski definition) is 1. The summed E-state index contributed by atoms with van der Waals surface area (Å²) in [7, 11) is 0. The molecule has 0 aromatic heterocycles. The van der Waals surface area contributed by atoms with Gasteiger partial charge in [-0.15, -0.1) is 0 Å². The fraction of sp³-hybridized carbons (Fsp3) is 0.667. The van der Waals surface area contributed by atoms with Gasteiger partial charge in [0.2, 0.25) is 0 Å². The smallest absolute Gasteiger partial charge is 0.0593 e. The van der Waals surface area contributed by atoms with E-state index in [1.165, 1.54) is 18.4 Å². The van der Waals surface area contributed by atoms with E-state index in [0.717, 1.165) is 38.8 Å². The molecule has 1 heterocycles. The van der Waals surface area contributed by atoms with Gasteiger partial charge in [0, 0.05) is 37.8 Å². The summed E-state index contributed by atoms with van der Waals surface area (Å²) < 4.78 is 5.85. The molecule has 1 aromatic rings. The number of piperazine rings is 1. The average Bonchev–Trinajstić information content (AvgIpc) is 3.28. The summed E-state index contributed by atoms with van der Waals surface area (Å²) in [5, 5.41) is 3.67. The summed E-state index contributed by atoms with van der Waals surface area (Å²) in [5.74, 6) is 0.856. The zero-order valence-electron chi connectivity index (χ0n) is 13.3. The minimum absolute atomic E-state index is 0.182. The first-order valence-corrected chi connectivity index (χ1v) is 8.26. The summed E-state index contributed by atoms with van der Waals surface area (Å²) >= 11 is 0. The second-order valence-corrected chi connectivity index (χ2v) is 7.18. The predicted molar refractivity (Wildman–Crippen MR) is 86.4 cm³/mol. The summed E-state index contributed by atoms with van der Waals surface area (Å²) in [4.78, 5) is 2.58. The zero-order chi connectivity index (χ0) is 14.7. The highest BCUT2D eigenvalue weighted by atomic mass is 16.5. The van der Waals surface area contributed by atoms with Crippen molar-refractivity contribution in [1.29, 1.82) is 0 Å². The van der Waals surface area contributed by atoms with Gasteiger partial charge in [0.15, 0.2) is 0 Å². The highest BCUT2D eigenvalue weighted by Gasteiger charge is 2.33. The van der Waals surface area contributed by atoms with Crippen LogP contribution in [0.15, 0.2) is 30.3 Å². The third-order valence-electron chi connectivity index (χ3n) is 4.57. The Kier molecular flexibility index (Phi) is 4.63. The molecular weight excluding hydrogens is 260 g/mol. The van der Waals surface area contributed by atoms with E-state index in [2.05, 4.69) is 54.4 Å². The number of rotatable bonds is 6. The second kappa shape index (κ2) is 6.47. The van der Waals surface area contributed by atoms with Crippen molar-refractivity contribution in [2.45, 2.75) is 38.3 Å². The number of ether oxygens (including phenoxy) is 1. The second-order valence-electron chi connectivity index (χ2n) is 7.18. The molecule has 1 aliphatic carbocycles. The third kappa shape index (κ3) is 4.29. The maximum Gasteiger partial charge on any atom is 0.0593 e. The zero-order valence-corrected chi connectivity index (χ0v) is 13.3. The van der Waals surface area contributed by atoms with E-state index in [9.17, 15) is 0 Å². The lowest BCUT2D eigenvalue weighted by Gasteiger charge is -2.44. The van der Waals surface area contributed by atoms with Crippen LogP contribution in [0.4, 0.5) is 0 Å². The van der Waals surface area contributed by atoms with Gasteiger partial charge in [-0.1, -0.05) is 30.3 Å². The van der Waals surface area contributed by atoms with Gasteiger partial charge in [0.25, 0.3) is 0 Å². The van der Waals surface area contributed by atoms with E-state index in [0.29, 0.717) is 6.04 Å². The van der Waals surface area contributed by atoms with Crippen molar-refractivity contribution in [2.75, 3.05) is 32.8 Å². The third-order valence-corrected chi connectivity index (χ3v) is 4.57. The van der Waals surface area contributed by atoms with Crippen molar-refractivity contribution in [2.24, 2.45) is 5.92 Å². The van der Waals surface area contributed by atoms with E-state index < -0.39 is 0 Å². The van der Waals surface area contributed by atoms with Crippen LogP contribution >= 0.6 is 0 Å². The predicted octanol–water partition coefficient (Wildman–Crippen LogP) is 2.84. The molecule has 21 heavy (non-hydrogen) atoms. The van der Waals surface area contributed by atoms with Gasteiger partial charge in [0.05, 0.1) is 6.61 Å². The summed E-state index contributed by atoms with van der Waals surface area (Å²) in [6, 6.07) is 11.3. The quantitative estimate of drug-likeness (QED) is 0.815. The summed E-state index contributed by atoms with van der Waals surface area (Å²) in [6.45, 7) is 9.50. The maximum atomic E-state index is 5.85. The number of benzene rings is 1. The van der Waals surface area contributed by atoms with Crippen LogP contribution in [0.2, 0.25) is 0 Å². The molecule has 1 saturated carbocycles. The van der Waals surface area contributed by atoms with Crippen LogP contribution < -0.4 is 5.32 Å². The first-order valence-electron chi connectivity index (χ1n) is 8.26. The molecule has 0 amide bonds. The maximum absolute atomic E-state index is 5.85. The molecule has 0 bridgehead atoms. The van der Waals surface area contributed by atoms with E-state index >= 15 is 0 Å². The molecule has 1 aliphatic heterocycles. The molecule has 1 unspecified atom stereocenters. The molecule has 1 N–H and O–H groups in total. The topological polar surface area (TPSA) is 24.5 Å². The number of nitrogens with zero attached hydrogens (tertiary/aromatic N) is 1. The molecule has 1 atom stereocenters. The summed E-state index contributed by atoms with van der Waals surface area (Å²) in [5.41, 5.74) is 1.59. The largest absolute Gasteiger partial charge is 0.380 e. The number of hydrogen-bond acceptors (Lipinski definition) is 3. The SMILES string of the molecule is CC1(C)CN(CCOCC2CC2)C(c2ccccc2)CN1. The van der Waals surface area contributed by atoms with Crippen LogP contribution in [-0.4, -0.2) is 43.3 Å². The van der Waals surface area contributed by atoms with E-state index in [1.54, 1.807) is 0 Å². The Balaban J connectivity index is 1.59. The van der Waals surface area contributed by atoms with Gasteiger partial charge in [-0.25, -0.2) is 0 Å². The van der Waals surface area contributed by atoms with E-state index in [-0.39, 0.29) is 5.54 Å². The molecule has 3 rings (SSSR count). The lowest BCUT2D eigenvalue weighted by atomic mass is 9.95. The van der Waals surface area contributed by atoms with Crippen LogP contribution in [0.5, 0.6) is 0 Å². The van der Waals surface area contributed by atoms with Gasteiger partial charge >= 0.3 is 0 Å². The van der Waals surface area contributed by atoms with Gasteiger partial charge in [-0.3, -0.25) is 4.90 Å². The van der Waals surface area contributed by atoms with Crippen LogP contribution in [0.3, 0.4) is 0 Å². The molecule has 0 spiro atoms. The average molecular weight is 288 g/mol. The van der Waals surface area contributed by atoms with Crippen molar-refractivity contribution >= 4 is 0 Å². The monoisotopic (exact) mass is 288 g/mol. The highest BCUT2D eigenvalue weighted by Crippen LogP contribution is 2.29. The van der Waals surface area contributed by atoms with Gasteiger partial charge < -0.3 is 10.1 Å². The first kappa shape index (κ1) is 15.0. The van der Waals surface area contributed by atoms with Crippen LogP contribution in [0.1, 0.15) is 38.3 Å². The van der Waals surface area contributed by atoms with Crippen molar-refractivity contribution in [1.82, 2.24) is 10.2 Å². The van der Waals surface area contributed by atoms with Gasteiger partial charge in [0.1, 0.15) is 0 Å². The Hall–Kier alpha value is -0.900. The normalized spacial score (nSPS) is 25.9. The fourth-order valence-electron chi connectivity index (χ4n) is 3.13. The Morgan fingerprint density at radius 3 is 2.71 bits per heavy atom.